The number of hydrogen-bond acceptors (Lipinski definition) is 3. The minimum Gasteiger partial charge on any atom is -0.344 e. The second-order valence-corrected chi connectivity index (χ2v) is 10.5. The first-order valence-corrected chi connectivity index (χ1v) is 13.4. The summed E-state index contributed by atoms with van der Waals surface area (Å²) in [6, 6.07) is 32.6. The van der Waals surface area contributed by atoms with Gasteiger partial charge in [-0.3, -0.25) is 9.10 Å². The van der Waals surface area contributed by atoms with Crippen LogP contribution in [0.2, 0.25) is 0 Å². The van der Waals surface area contributed by atoms with E-state index in [2.05, 4.69) is 5.32 Å². The van der Waals surface area contributed by atoms with Crippen molar-refractivity contribution in [2.24, 2.45) is 0 Å². The molecule has 0 bridgehead atoms. The number of benzene rings is 4. The fourth-order valence-corrected chi connectivity index (χ4v) is 5.61. The van der Waals surface area contributed by atoms with Gasteiger partial charge in [0.15, 0.2) is 0 Å². The number of hydrogen-bond donors (Lipinski definition) is 1. The zero-order chi connectivity index (χ0) is 25.5. The van der Waals surface area contributed by atoms with Crippen LogP contribution in [-0.2, 0) is 21.2 Å². The maximum Gasteiger partial charge on any atom is 0.264 e. The molecule has 4 aromatic carbocycles. The first-order chi connectivity index (χ1) is 17.4. The molecule has 0 spiro atoms. The van der Waals surface area contributed by atoms with Crippen LogP contribution in [0.15, 0.2) is 114 Å². The van der Waals surface area contributed by atoms with Crippen molar-refractivity contribution in [2.75, 3.05) is 10.8 Å². The van der Waals surface area contributed by atoms with Crippen LogP contribution in [0.25, 0.3) is 0 Å². The standard InChI is InChI=1S/C30H30N2O3S/c1-3-24-18-20-26(21-19-24)32(36(34,35)27-15-8-5-9-16-27)22-29(33)31-30(25-13-6-4-7-14-25)28-17-11-10-12-23(28)2/h4-21,30H,3,22H2,1-2H3,(H,31,33)/t30-/m0/s1. The third-order valence-corrected chi connectivity index (χ3v) is 7.98. The Morgan fingerprint density at radius 3 is 2.00 bits per heavy atom. The molecule has 36 heavy (non-hydrogen) atoms. The van der Waals surface area contributed by atoms with Gasteiger partial charge in [0, 0.05) is 0 Å². The number of amides is 1. The molecule has 1 atom stereocenters. The summed E-state index contributed by atoms with van der Waals surface area (Å²) in [6.45, 7) is 3.69. The number of sulfonamides is 1. The van der Waals surface area contributed by atoms with Crippen LogP contribution in [-0.4, -0.2) is 20.9 Å². The molecular formula is C30H30N2O3S. The molecule has 0 aliphatic heterocycles. The summed E-state index contributed by atoms with van der Waals surface area (Å²) in [6.07, 6.45) is 0.835. The molecule has 0 fully saturated rings. The van der Waals surface area contributed by atoms with Gasteiger partial charge in [-0.2, -0.15) is 0 Å². The molecule has 184 valence electrons. The van der Waals surface area contributed by atoms with Crippen molar-refractivity contribution in [1.82, 2.24) is 5.32 Å². The molecule has 0 saturated heterocycles. The maximum absolute atomic E-state index is 13.6. The fraction of sp³-hybridized carbons (Fsp3) is 0.167. The average Bonchev–Trinajstić information content (AvgIpc) is 2.92. The summed E-state index contributed by atoms with van der Waals surface area (Å²) in [4.78, 5) is 13.6. The van der Waals surface area contributed by atoms with E-state index in [1.807, 2.05) is 80.6 Å². The second kappa shape index (κ2) is 11.2. The van der Waals surface area contributed by atoms with Gasteiger partial charge in [-0.25, -0.2) is 8.42 Å². The predicted octanol–water partition coefficient (Wildman–Crippen LogP) is 5.66. The van der Waals surface area contributed by atoms with Crippen LogP contribution >= 0.6 is 0 Å². The first-order valence-electron chi connectivity index (χ1n) is 12.0. The van der Waals surface area contributed by atoms with Crippen molar-refractivity contribution in [3.05, 3.63) is 131 Å². The highest BCUT2D eigenvalue weighted by Crippen LogP contribution is 2.27. The molecule has 1 N–H and O–H groups in total. The zero-order valence-corrected chi connectivity index (χ0v) is 21.3. The lowest BCUT2D eigenvalue weighted by Crippen LogP contribution is -2.42. The summed E-state index contributed by atoms with van der Waals surface area (Å²) in [5.74, 6) is -0.397. The van der Waals surface area contributed by atoms with Gasteiger partial charge in [0.2, 0.25) is 5.91 Å². The van der Waals surface area contributed by atoms with E-state index in [0.29, 0.717) is 5.69 Å². The Balaban J connectivity index is 1.69. The molecular weight excluding hydrogens is 468 g/mol. The average molecular weight is 499 g/mol. The van der Waals surface area contributed by atoms with E-state index in [1.165, 1.54) is 4.31 Å². The summed E-state index contributed by atoms with van der Waals surface area (Å²) < 4.78 is 28.5. The SMILES string of the molecule is CCc1ccc(N(CC(=O)N[C@@H](c2ccccc2)c2ccccc2C)S(=O)(=O)c2ccccc2)cc1. The van der Waals surface area contributed by atoms with Crippen LogP contribution < -0.4 is 9.62 Å². The highest BCUT2D eigenvalue weighted by atomic mass is 32.2. The number of nitrogens with one attached hydrogen (secondary N) is 1. The highest BCUT2D eigenvalue weighted by Gasteiger charge is 2.28. The Labute approximate surface area is 213 Å². The van der Waals surface area contributed by atoms with Gasteiger partial charge in [0.1, 0.15) is 6.54 Å². The van der Waals surface area contributed by atoms with E-state index in [9.17, 15) is 13.2 Å². The summed E-state index contributed by atoms with van der Waals surface area (Å²) in [5, 5.41) is 3.09. The van der Waals surface area contributed by atoms with Gasteiger partial charge >= 0.3 is 0 Å². The van der Waals surface area contributed by atoms with Crippen molar-refractivity contribution in [2.45, 2.75) is 31.2 Å². The van der Waals surface area contributed by atoms with Crippen molar-refractivity contribution >= 4 is 21.6 Å². The summed E-state index contributed by atoms with van der Waals surface area (Å²) in [5.41, 5.74) is 4.45. The fourth-order valence-electron chi connectivity index (χ4n) is 4.17. The number of anilines is 1. The van der Waals surface area contributed by atoms with Gasteiger partial charge < -0.3 is 5.32 Å². The smallest absolute Gasteiger partial charge is 0.264 e. The summed E-state index contributed by atoms with van der Waals surface area (Å²) in [7, 11) is -3.97. The normalized spacial score (nSPS) is 12.1. The summed E-state index contributed by atoms with van der Waals surface area (Å²) >= 11 is 0. The molecule has 6 heteroatoms. The molecule has 0 saturated carbocycles. The van der Waals surface area contributed by atoms with Gasteiger partial charge in [-0.05, 0) is 59.9 Å². The number of carbonyl (C=O) groups excluding carboxylic acids is 1. The van der Waals surface area contributed by atoms with Crippen LogP contribution in [0.4, 0.5) is 5.69 Å². The van der Waals surface area contributed by atoms with Gasteiger partial charge in [0.25, 0.3) is 10.0 Å². The molecule has 4 aromatic rings. The number of carbonyl (C=O) groups is 1. The molecule has 4 rings (SSSR count). The lowest BCUT2D eigenvalue weighted by molar-refractivity contribution is -0.120. The van der Waals surface area contributed by atoms with E-state index in [4.69, 9.17) is 0 Å². The van der Waals surface area contributed by atoms with Crippen LogP contribution in [0.3, 0.4) is 0 Å². The van der Waals surface area contributed by atoms with Crippen LogP contribution in [0.1, 0.15) is 35.2 Å². The third kappa shape index (κ3) is 5.66. The van der Waals surface area contributed by atoms with Gasteiger partial charge in [-0.1, -0.05) is 91.9 Å². The maximum atomic E-state index is 13.6. The minimum atomic E-state index is -3.97. The lowest BCUT2D eigenvalue weighted by Gasteiger charge is -2.27. The quantitative estimate of drug-likeness (QED) is 0.324. The van der Waals surface area contributed by atoms with Crippen molar-refractivity contribution in [3.63, 3.8) is 0 Å². The van der Waals surface area contributed by atoms with Crippen molar-refractivity contribution in [3.8, 4) is 0 Å². The predicted molar refractivity (Wildman–Crippen MR) is 144 cm³/mol. The van der Waals surface area contributed by atoms with E-state index >= 15 is 0 Å². The molecule has 0 heterocycles. The Kier molecular flexibility index (Phi) is 7.86. The van der Waals surface area contributed by atoms with Crippen molar-refractivity contribution < 1.29 is 13.2 Å². The number of rotatable bonds is 9. The molecule has 5 nitrogen and oxygen atoms in total. The monoisotopic (exact) mass is 498 g/mol. The Morgan fingerprint density at radius 1 is 0.806 bits per heavy atom. The lowest BCUT2D eigenvalue weighted by atomic mass is 9.95. The third-order valence-electron chi connectivity index (χ3n) is 6.19. The molecule has 0 aromatic heterocycles. The first kappa shape index (κ1) is 25.2. The number of aryl methyl sites for hydroxylation is 2. The Bertz CT molecular complexity index is 1400. The Morgan fingerprint density at radius 2 is 1.39 bits per heavy atom. The Hall–Kier alpha value is -3.90. The largest absolute Gasteiger partial charge is 0.344 e. The van der Waals surface area contributed by atoms with E-state index < -0.39 is 22.0 Å². The van der Waals surface area contributed by atoms with E-state index in [0.717, 1.165) is 28.7 Å². The minimum absolute atomic E-state index is 0.135. The molecule has 0 aliphatic rings. The molecule has 0 aliphatic carbocycles. The zero-order valence-electron chi connectivity index (χ0n) is 20.5. The second-order valence-electron chi connectivity index (χ2n) is 8.61. The molecule has 1 amide bonds. The molecule has 0 radical (unpaired) electrons. The van der Waals surface area contributed by atoms with E-state index in [-0.39, 0.29) is 11.4 Å². The van der Waals surface area contributed by atoms with Gasteiger partial charge in [-0.15, -0.1) is 0 Å². The van der Waals surface area contributed by atoms with E-state index in [1.54, 1.807) is 42.5 Å². The van der Waals surface area contributed by atoms with Crippen LogP contribution in [0, 0.1) is 6.92 Å². The van der Waals surface area contributed by atoms with Crippen molar-refractivity contribution in [1.29, 1.82) is 0 Å². The topological polar surface area (TPSA) is 66.5 Å². The van der Waals surface area contributed by atoms with Gasteiger partial charge in [0.05, 0.1) is 16.6 Å². The number of nitrogens with zero attached hydrogens (tertiary/aromatic N) is 1. The molecule has 0 unspecified atom stereocenters. The van der Waals surface area contributed by atoms with Crippen LogP contribution in [0.5, 0.6) is 0 Å². The highest BCUT2D eigenvalue weighted by molar-refractivity contribution is 7.92.